The fraction of sp³-hybridized carbons (Fsp3) is 0.586. The number of hydrogen-bond acceptors (Lipinski definition) is 7. The van der Waals surface area contributed by atoms with Gasteiger partial charge in [0.1, 0.15) is 12.6 Å². The number of nitrogens with one attached hydrogen (secondary N) is 1. The van der Waals surface area contributed by atoms with Gasteiger partial charge in [0.15, 0.2) is 11.2 Å². The van der Waals surface area contributed by atoms with E-state index in [9.17, 15) is 26.7 Å². The number of hydrogen-bond donors (Lipinski definition) is 1. The third-order valence-electron chi connectivity index (χ3n) is 7.77. The van der Waals surface area contributed by atoms with E-state index in [2.05, 4.69) is 25.0 Å². The summed E-state index contributed by atoms with van der Waals surface area (Å²) in [5.41, 5.74) is 0.0893. The van der Waals surface area contributed by atoms with Crippen LogP contribution in [0.15, 0.2) is 38.8 Å². The topological polar surface area (TPSA) is 134 Å². The molecule has 1 N–H and O–H groups in total. The fourth-order valence-electron chi connectivity index (χ4n) is 5.40. The number of aryl methyl sites for hydroxylation is 1. The maximum absolute atomic E-state index is 13.7. The van der Waals surface area contributed by atoms with E-state index in [1.54, 1.807) is 0 Å². The van der Waals surface area contributed by atoms with E-state index in [1.165, 1.54) is 21.3 Å². The van der Waals surface area contributed by atoms with Gasteiger partial charge in [0.25, 0.3) is 11.5 Å². The van der Waals surface area contributed by atoms with Gasteiger partial charge >= 0.3 is 15.9 Å². The highest BCUT2D eigenvalue weighted by Gasteiger charge is 2.28. The number of aromatic nitrogens is 4. The Morgan fingerprint density at radius 1 is 1.07 bits per heavy atom. The van der Waals surface area contributed by atoms with E-state index in [1.807, 2.05) is 11.5 Å². The van der Waals surface area contributed by atoms with Crippen molar-refractivity contribution in [1.82, 2.24) is 24.0 Å². The molecule has 0 saturated heterocycles. The molecule has 11 nitrogen and oxygen atoms in total. The maximum atomic E-state index is 13.7. The van der Waals surface area contributed by atoms with Gasteiger partial charge in [0.05, 0.1) is 4.90 Å². The molecule has 2 aromatic heterocycles. The minimum absolute atomic E-state index is 0.178. The molecule has 1 aromatic carbocycles. The van der Waals surface area contributed by atoms with Crippen LogP contribution in [0.25, 0.3) is 11.2 Å². The number of benzene rings is 1. The number of halogens is 1. The van der Waals surface area contributed by atoms with Gasteiger partial charge in [-0.1, -0.05) is 39.4 Å². The predicted molar refractivity (Wildman–Crippen MR) is 166 cm³/mol. The highest BCUT2D eigenvalue weighted by Crippen LogP contribution is 2.34. The molecule has 1 saturated carbocycles. The zero-order valence-electron chi connectivity index (χ0n) is 25.4. The van der Waals surface area contributed by atoms with Gasteiger partial charge in [-0.3, -0.25) is 23.3 Å². The first kappa shape index (κ1) is 32.8. The molecule has 1 fully saturated rings. The third-order valence-corrected chi connectivity index (χ3v) is 10.3. The van der Waals surface area contributed by atoms with Crippen LogP contribution in [0.2, 0.25) is 25.7 Å². The number of ether oxygens (including phenoxy) is 1. The van der Waals surface area contributed by atoms with E-state index in [0.717, 1.165) is 49.7 Å². The van der Waals surface area contributed by atoms with Crippen molar-refractivity contribution in [3.8, 4) is 0 Å². The Morgan fingerprint density at radius 3 is 2.35 bits per heavy atom. The van der Waals surface area contributed by atoms with Gasteiger partial charge in [-0.25, -0.2) is 9.78 Å². The summed E-state index contributed by atoms with van der Waals surface area (Å²) >= 11 is 0. The van der Waals surface area contributed by atoms with Crippen molar-refractivity contribution < 1.29 is 21.8 Å². The molecule has 1 aliphatic carbocycles. The van der Waals surface area contributed by atoms with Crippen LogP contribution in [0.3, 0.4) is 0 Å². The van der Waals surface area contributed by atoms with Gasteiger partial charge < -0.3 is 10.1 Å². The fourth-order valence-corrected chi connectivity index (χ4v) is 6.62. The van der Waals surface area contributed by atoms with E-state index in [-0.39, 0.29) is 43.4 Å². The van der Waals surface area contributed by atoms with Gasteiger partial charge in [-0.05, 0) is 56.0 Å². The Kier molecular flexibility index (Phi) is 10.4. The lowest BCUT2D eigenvalue weighted by atomic mass is 10.1. The van der Waals surface area contributed by atoms with Crippen LogP contribution in [-0.4, -0.2) is 54.2 Å². The van der Waals surface area contributed by atoms with Crippen LogP contribution in [0.5, 0.6) is 0 Å². The largest absolute Gasteiger partial charge is 0.361 e. The first-order valence-electron chi connectivity index (χ1n) is 15.0. The normalized spacial score (nSPS) is 14.5. The number of nitrogens with zero attached hydrogens (tertiary/aromatic N) is 4. The Balaban J connectivity index is 1.60. The van der Waals surface area contributed by atoms with E-state index < -0.39 is 34.8 Å². The Labute approximate surface area is 252 Å². The van der Waals surface area contributed by atoms with Crippen LogP contribution in [0.1, 0.15) is 67.5 Å². The zero-order chi connectivity index (χ0) is 31.4. The smallest absolute Gasteiger partial charge is 0.332 e. The molecule has 236 valence electrons. The van der Waals surface area contributed by atoms with E-state index >= 15 is 0 Å². The van der Waals surface area contributed by atoms with Crippen LogP contribution in [0, 0.1) is 0 Å². The molecule has 0 aliphatic heterocycles. The minimum atomic E-state index is -4.85. The molecule has 3 aromatic rings. The van der Waals surface area contributed by atoms with Gasteiger partial charge in [0.2, 0.25) is 0 Å². The molecule has 0 spiro atoms. The summed E-state index contributed by atoms with van der Waals surface area (Å²) in [6, 6.07) is 5.53. The Hall–Kier alpha value is -3.10. The quantitative estimate of drug-likeness (QED) is 0.159. The monoisotopic (exact) mass is 635 g/mol. The standard InChI is InChI=1S/C29H42FN5O6SSi/c1-5-16-34-28(37)24-26(32-25(21-9-6-7-10-21)35(24)20-41-18-19-43(2,3)4)33(29(34)38)17-8-15-31-27(36)22-11-13-23(14-12-22)42(30,39)40/h11-14,21H,5-10,15-20H2,1-4H3,(H,31,36). The minimum Gasteiger partial charge on any atom is -0.361 e. The molecule has 2 heterocycles. The number of carbonyl (C=O) groups is 1. The van der Waals surface area contributed by atoms with Crippen molar-refractivity contribution in [2.24, 2.45) is 0 Å². The summed E-state index contributed by atoms with van der Waals surface area (Å²) in [6.07, 6.45) is 5.09. The zero-order valence-corrected chi connectivity index (χ0v) is 27.2. The first-order valence-corrected chi connectivity index (χ1v) is 20.1. The van der Waals surface area contributed by atoms with E-state index in [0.29, 0.717) is 30.6 Å². The summed E-state index contributed by atoms with van der Waals surface area (Å²) in [6.45, 7) is 10.3. The summed E-state index contributed by atoms with van der Waals surface area (Å²) in [5.74, 6) is 0.514. The number of fused-ring (bicyclic) bond motifs is 1. The lowest BCUT2D eigenvalue weighted by Crippen LogP contribution is -2.41. The van der Waals surface area contributed by atoms with E-state index in [4.69, 9.17) is 9.72 Å². The van der Waals surface area contributed by atoms with Crippen molar-refractivity contribution in [2.75, 3.05) is 13.2 Å². The van der Waals surface area contributed by atoms with Crippen LogP contribution >= 0.6 is 0 Å². The lowest BCUT2D eigenvalue weighted by Gasteiger charge is -2.17. The molecule has 1 amide bonds. The van der Waals surface area contributed by atoms with Gasteiger partial charge in [-0.15, -0.1) is 3.89 Å². The summed E-state index contributed by atoms with van der Waals surface area (Å²) in [5, 5.41) is 2.75. The molecule has 1 aliphatic rings. The van der Waals surface area contributed by atoms with Gasteiger partial charge in [0, 0.05) is 45.8 Å². The number of carbonyl (C=O) groups excluding carboxylic acids is 1. The summed E-state index contributed by atoms with van der Waals surface area (Å²) in [7, 11) is -6.16. The number of amides is 1. The second-order valence-corrected chi connectivity index (χ2v) is 19.3. The molecule has 14 heteroatoms. The number of imidazole rings is 1. The molecule has 0 bridgehead atoms. The lowest BCUT2D eigenvalue weighted by molar-refractivity contribution is 0.0869. The van der Waals surface area contributed by atoms with Crippen LogP contribution in [0.4, 0.5) is 3.89 Å². The average molecular weight is 636 g/mol. The molecule has 4 rings (SSSR count). The Bertz CT molecular complexity index is 1670. The molecule has 0 atom stereocenters. The first-order chi connectivity index (χ1) is 20.3. The average Bonchev–Trinajstić information content (AvgIpc) is 3.60. The maximum Gasteiger partial charge on any atom is 0.332 e. The molecular formula is C29H42FN5O6SSi. The van der Waals surface area contributed by atoms with Crippen molar-refractivity contribution in [2.45, 2.75) is 102 Å². The van der Waals surface area contributed by atoms with Crippen molar-refractivity contribution >= 4 is 35.4 Å². The molecule has 43 heavy (non-hydrogen) atoms. The summed E-state index contributed by atoms with van der Waals surface area (Å²) in [4.78, 5) is 44.2. The molecule has 0 unspecified atom stereocenters. The van der Waals surface area contributed by atoms with Crippen LogP contribution in [-0.2, 0) is 34.8 Å². The molecular weight excluding hydrogens is 593 g/mol. The summed E-state index contributed by atoms with van der Waals surface area (Å²) < 4.78 is 46.0. The second-order valence-electron chi connectivity index (χ2n) is 12.4. The van der Waals surface area contributed by atoms with Crippen molar-refractivity contribution in [3.63, 3.8) is 0 Å². The highest BCUT2D eigenvalue weighted by atomic mass is 32.3. The number of rotatable bonds is 14. The third kappa shape index (κ3) is 7.90. The van der Waals surface area contributed by atoms with Gasteiger partial charge in [-0.2, -0.15) is 8.42 Å². The van der Waals surface area contributed by atoms with Crippen LogP contribution < -0.4 is 16.6 Å². The van der Waals surface area contributed by atoms with Crippen molar-refractivity contribution in [1.29, 1.82) is 0 Å². The second kappa shape index (κ2) is 13.7. The molecule has 0 radical (unpaired) electrons. The van der Waals surface area contributed by atoms with Crippen molar-refractivity contribution in [3.05, 3.63) is 56.5 Å². The predicted octanol–water partition coefficient (Wildman–Crippen LogP) is 4.22. The Morgan fingerprint density at radius 2 is 1.74 bits per heavy atom. The SMILES string of the molecule is CCCn1c(=O)c2c(nc(C3CCCC3)n2COCC[Si](C)(C)C)n(CCCNC(=O)c2ccc(S(=O)(=O)F)cc2)c1=O. The highest BCUT2D eigenvalue weighted by molar-refractivity contribution is 7.86.